The van der Waals surface area contributed by atoms with Crippen LogP contribution in [0.1, 0.15) is 17.5 Å². The summed E-state index contributed by atoms with van der Waals surface area (Å²) in [6.45, 7) is 4.35. The number of furan rings is 1. The number of benzene rings is 1. The molecule has 1 N–H and O–H groups in total. The number of piperazine rings is 1. The van der Waals surface area contributed by atoms with Crippen LogP contribution in [0.15, 0.2) is 40.8 Å². The predicted molar refractivity (Wildman–Crippen MR) is 82.5 cm³/mol. The highest BCUT2D eigenvalue weighted by atomic mass is 35.5. The quantitative estimate of drug-likeness (QED) is 0.927. The first-order chi connectivity index (χ1) is 10.2. The van der Waals surface area contributed by atoms with Crippen LogP contribution in [0.3, 0.4) is 0 Å². The summed E-state index contributed by atoms with van der Waals surface area (Å²) in [5, 5.41) is 3.88. The first kappa shape index (κ1) is 14.2. The molecule has 1 saturated heterocycles. The van der Waals surface area contributed by atoms with Crippen LogP contribution in [-0.2, 0) is 0 Å². The molecule has 21 heavy (non-hydrogen) atoms. The van der Waals surface area contributed by atoms with Crippen LogP contribution in [0.5, 0.6) is 0 Å². The van der Waals surface area contributed by atoms with E-state index in [0.29, 0.717) is 23.1 Å². The van der Waals surface area contributed by atoms with Gasteiger partial charge in [0.1, 0.15) is 5.76 Å². The molecule has 1 aromatic heterocycles. The predicted octanol–water partition coefficient (Wildman–Crippen LogP) is 3.03. The topological polar surface area (TPSA) is 45.5 Å². The third kappa shape index (κ3) is 2.82. The van der Waals surface area contributed by atoms with Gasteiger partial charge in [0.2, 0.25) is 0 Å². The Labute approximate surface area is 128 Å². The Balaban J connectivity index is 1.85. The number of carbonyl (C=O) groups is 1. The number of nitrogens with zero attached hydrogens (tertiary/aromatic N) is 1. The van der Waals surface area contributed by atoms with Crippen LogP contribution in [0.25, 0.3) is 11.3 Å². The van der Waals surface area contributed by atoms with Crippen molar-refractivity contribution in [3.63, 3.8) is 0 Å². The first-order valence-electron chi connectivity index (χ1n) is 7.03. The summed E-state index contributed by atoms with van der Waals surface area (Å²) in [6, 6.07) is 11.1. The molecule has 1 aliphatic rings. The molecule has 2 heterocycles. The van der Waals surface area contributed by atoms with Crippen LogP contribution < -0.4 is 5.32 Å². The Hall–Kier alpha value is -1.78. The zero-order valence-electron chi connectivity index (χ0n) is 11.8. The Bertz CT molecular complexity index is 653. The maximum atomic E-state index is 12.5. The molecular weight excluding hydrogens is 288 g/mol. The number of hydrogen-bond donors (Lipinski definition) is 1. The molecule has 1 amide bonds. The molecule has 0 radical (unpaired) electrons. The van der Waals surface area contributed by atoms with Crippen LogP contribution >= 0.6 is 11.6 Å². The van der Waals surface area contributed by atoms with E-state index in [0.717, 1.165) is 18.7 Å². The lowest BCUT2D eigenvalue weighted by atomic mass is 10.2. The Morgan fingerprint density at radius 1 is 1.33 bits per heavy atom. The maximum absolute atomic E-state index is 12.5. The van der Waals surface area contributed by atoms with Crippen LogP contribution in [0.2, 0.25) is 5.02 Å². The highest BCUT2D eigenvalue weighted by Crippen LogP contribution is 2.29. The molecule has 1 aliphatic heterocycles. The average molecular weight is 305 g/mol. The molecule has 2 aromatic rings. The third-order valence-corrected chi connectivity index (χ3v) is 4.05. The number of carbonyl (C=O) groups excluding carboxylic acids is 1. The minimum Gasteiger partial charge on any atom is -0.451 e. The van der Waals surface area contributed by atoms with E-state index in [1.807, 2.05) is 30.0 Å². The van der Waals surface area contributed by atoms with Gasteiger partial charge in [0.15, 0.2) is 5.76 Å². The smallest absolute Gasteiger partial charge is 0.289 e. The van der Waals surface area contributed by atoms with Gasteiger partial charge in [-0.3, -0.25) is 4.79 Å². The van der Waals surface area contributed by atoms with Crippen LogP contribution in [-0.4, -0.2) is 36.5 Å². The van der Waals surface area contributed by atoms with Crippen molar-refractivity contribution in [1.29, 1.82) is 0 Å². The van der Waals surface area contributed by atoms with Crippen molar-refractivity contribution in [2.75, 3.05) is 19.6 Å². The van der Waals surface area contributed by atoms with E-state index in [9.17, 15) is 4.79 Å². The Kier molecular flexibility index (Phi) is 3.99. The summed E-state index contributed by atoms with van der Waals surface area (Å²) in [7, 11) is 0. The Morgan fingerprint density at radius 3 is 2.90 bits per heavy atom. The number of halogens is 1. The van der Waals surface area contributed by atoms with E-state index >= 15 is 0 Å². The second-order valence-corrected chi connectivity index (χ2v) is 5.60. The summed E-state index contributed by atoms with van der Waals surface area (Å²) in [5.74, 6) is 0.910. The van der Waals surface area contributed by atoms with E-state index < -0.39 is 0 Å². The summed E-state index contributed by atoms with van der Waals surface area (Å²) in [4.78, 5) is 14.4. The van der Waals surface area contributed by atoms with Gasteiger partial charge in [-0.25, -0.2) is 0 Å². The van der Waals surface area contributed by atoms with Gasteiger partial charge in [0.25, 0.3) is 5.91 Å². The van der Waals surface area contributed by atoms with Crippen LogP contribution in [0, 0.1) is 0 Å². The molecule has 1 aromatic carbocycles. The monoisotopic (exact) mass is 304 g/mol. The van der Waals surface area contributed by atoms with Gasteiger partial charge < -0.3 is 14.6 Å². The second-order valence-electron chi connectivity index (χ2n) is 5.20. The van der Waals surface area contributed by atoms with Crippen molar-refractivity contribution >= 4 is 17.5 Å². The normalized spacial score (nSPS) is 18.8. The molecule has 1 fully saturated rings. The van der Waals surface area contributed by atoms with Gasteiger partial charge in [-0.2, -0.15) is 0 Å². The minimum atomic E-state index is -0.0673. The number of amides is 1. The Morgan fingerprint density at radius 2 is 2.14 bits per heavy atom. The van der Waals surface area contributed by atoms with Crippen molar-refractivity contribution < 1.29 is 9.21 Å². The summed E-state index contributed by atoms with van der Waals surface area (Å²) in [6.07, 6.45) is 0. The molecule has 0 spiro atoms. The summed E-state index contributed by atoms with van der Waals surface area (Å²) < 4.78 is 5.72. The largest absolute Gasteiger partial charge is 0.451 e. The fraction of sp³-hybridized carbons (Fsp3) is 0.312. The number of hydrogen-bond acceptors (Lipinski definition) is 3. The van der Waals surface area contributed by atoms with E-state index in [1.54, 1.807) is 18.2 Å². The van der Waals surface area contributed by atoms with Crippen molar-refractivity contribution in [3.8, 4) is 11.3 Å². The maximum Gasteiger partial charge on any atom is 0.289 e. The molecule has 0 aliphatic carbocycles. The molecule has 5 heteroatoms. The SMILES string of the molecule is C[C@@H]1CNCCN1C(=O)c1ccc(-c2ccccc2Cl)o1. The number of rotatable bonds is 2. The lowest BCUT2D eigenvalue weighted by molar-refractivity contribution is 0.0624. The average Bonchev–Trinajstić information content (AvgIpc) is 2.97. The van der Waals surface area contributed by atoms with Crippen molar-refractivity contribution in [2.45, 2.75) is 13.0 Å². The zero-order valence-corrected chi connectivity index (χ0v) is 12.6. The second kappa shape index (κ2) is 5.92. The van der Waals surface area contributed by atoms with Gasteiger partial charge in [0, 0.05) is 31.2 Å². The van der Waals surface area contributed by atoms with Crippen molar-refractivity contribution in [1.82, 2.24) is 10.2 Å². The molecular formula is C16H17ClN2O2. The molecule has 110 valence electrons. The minimum absolute atomic E-state index is 0.0673. The highest BCUT2D eigenvalue weighted by molar-refractivity contribution is 6.33. The van der Waals surface area contributed by atoms with Crippen LogP contribution in [0.4, 0.5) is 0 Å². The van der Waals surface area contributed by atoms with E-state index in [4.69, 9.17) is 16.0 Å². The van der Waals surface area contributed by atoms with Crippen molar-refractivity contribution in [3.05, 3.63) is 47.2 Å². The lowest BCUT2D eigenvalue weighted by Gasteiger charge is -2.33. The fourth-order valence-corrected chi connectivity index (χ4v) is 2.77. The summed E-state index contributed by atoms with van der Waals surface area (Å²) in [5.41, 5.74) is 0.798. The molecule has 0 bridgehead atoms. The van der Waals surface area contributed by atoms with Gasteiger partial charge >= 0.3 is 0 Å². The van der Waals surface area contributed by atoms with E-state index in [2.05, 4.69) is 5.32 Å². The molecule has 3 rings (SSSR count). The van der Waals surface area contributed by atoms with Crippen molar-refractivity contribution in [2.24, 2.45) is 0 Å². The molecule has 4 nitrogen and oxygen atoms in total. The van der Waals surface area contributed by atoms with E-state index in [-0.39, 0.29) is 11.9 Å². The van der Waals surface area contributed by atoms with Gasteiger partial charge in [-0.05, 0) is 31.2 Å². The zero-order chi connectivity index (χ0) is 14.8. The van der Waals surface area contributed by atoms with Gasteiger partial charge in [-0.1, -0.05) is 23.7 Å². The number of nitrogens with one attached hydrogen (secondary N) is 1. The first-order valence-corrected chi connectivity index (χ1v) is 7.41. The van der Waals surface area contributed by atoms with Gasteiger partial charge in [0.05, 0.1) is 5.02 Å². The standard InChI is InChI=1S/C16H17ClN2O2/c1-11-10-18-8-9-19(11)16(20)15-7-6-14(21-15)12-4-2-3-5-13(12)17/h2-7,11,18H,8-10H2,1H3/t11-/m1/s1. The summed E-state index contributed by atoms with van der Waals surface area (Å²) >= 11 is 6.16. The lowest BCUT2D eigenvalue weighted by Crippen LogP contribution is -2.52. The fourth-order valence-electron chi connectivity index (χ4n) is 2.54. The van der Waals surface area contributed by atoms with E-state index in [1.165, 1.54) is 0 Å². The molecule has 1 atom stereocenters. The highest BCUT2D eigenvalue weighted by Gasteiger charge is 2.26. The molecule has 0 saturated carbocycles. The third-order valence-electron chi connectivity index (χ3n) is 3.72. The molecule has 0 unspecified atom stereocenters. The van der Waals surface area contributed by atoms with Gasteiger partial charge in [-0.15, -0.1) is 0 Å².